The first kappa shape index (κ1) is 20.1. The monoisotopic (exact) mass is 496 g/mol. The van der Waals surface area contributed by atoms with Gasteiger partial charge < -0.3 is 29.8 Å². The molecule has 4 N–H and O–H groups in total. The van der Waals surface area contributed by atoms with Gasteiger partial charge in [0.25, 0.3) is 0 Å². The van der Waals surface area contributed by atoms with E-state index in [1.807, 2.05) is 25.1 Å². The summed E-state index contributed by atoms with van der Waals surface area (Å²) >= 11 is 3.37. The molecule has 32 heavy (non-hydrogen) atoms. The number of rotatable bonds is 4. The lowest BCUT2D eigenvalue weighted by atomic mass is 9.83. The van der Waals surface area contributed by atoms with Gasteiger partial charge in [-0.15, -0.1) is 5.10 Å². The summed E-state index contributed by atoms with van der Waals surface area (Å²) in [5, 5.41) is 27.6. The normalized spacial score (nSPS) is 16.3. The maximum atomic E-state index is 10.4. The van der Waals surface area contributed by atoms with E-state index in [0.717, 1.165) is 5.56 Å². The second-order valence-corrected chi connectivity index (χ2v) is 7.95. The summed E-state index contributed by atoms with van der Waals surface area (Å²) in [6.45, 7) is 2.34. The molecule has 0 aliphatic carbocycles. The van der Waals surface area contributed by atoms with Crippen molar-refractivity contribution in [3.63, 3.8) is 0 Å². The van der Waals surface area contributed by atoms with E-state index in [9.17, 15) is 10.4 Å². The van der Waals surface area contributed by atoms with Gasteiger partial charge in [0.1, 0.15) is 11.6 Å². The second kappa shape index (κ2) is 7.69. The van der Waals surface area contributed by atoms with E-state index in [-0.39, 0.29) is 35.6 Å². The van der Waals surface area contributed by atoms with Crippen LogP contribution in [0.4, 0.5) is 0 Å². The third kappa shape index (κ3) is 3.09. The largest absolute Gasteiger partial charge is 0.503 e. The number of hydrogen-bond donors (Lipinski definition) is 3. The number of phenols is 1. The van der Waals surface area contributed by atoms with Crippen molar-refractivity contribution < 1.29 is 24.1 Å². The zero-order valence-electron chi connectivity index (χ0n) is 16.8. The highest BCUT2D eigenvalue weighted by molar-refractivity contribution is 9.10. The zero-order chi connectivity index (χ0) is 22.4. The van der Waals surface area contributed by atoms with Crippen LogP contribution >= 0.6 is 15.9 Å². The minimum Gasteiger partial charge on any atom is -0.503 e. The van der Waals surface area contributed by atoms with Crippen molar-refractivity contribution in [1.82, 2.24) is 10.2 Å². The molecule has 0 saturated heterocycles. The van der Waals surface area contributed by atoms with Crippen LogP contribution in [0.25, 0.3) is 11.3 Å². The van der Waals surface area contributed by atoms with Gasteiger partial charge in [-0.3, -0.25) is 5.10 Å². The van der Waals surface area contributed by atoms with Crippen LogP contribution in [-0.2, 0) is 0 Å². The number of hydrogen-bond acceptors (Lipinski definition) is 8. The number of halogens is 1. The van der Waals surface area contributed by atoms with Crippen LogP contribution in [0.5, 0.6) is 28.9 Å². The summed E-state index contributed by atoms with van der Waals surface area (Å²) in [5.41, 5.74) is 9.02. The van der Waals surface area contributed by atoms with Gasteiger partial charge in [0.15, 0.2) is 23.0 Å². The van der Waals surface area contributed by atoms with E-state index in [1.54, 1.807) is 12.1 Å². The summed E-state index contributed by atoms with van der Waals surface area (Å²) in [6.07, 6.45) is 0. The van der Waals surface area contributed by atoms with Gasteiger partial charge in [-0.05, 0) is 58.7 Å². The van der Waals surface area contributed by atoms with Gasteiger partial charge in [-0.25, -0.2) is 0 Å². The number of nitrogens with two attached hydrogens (primary N) is 1. The Kier molecular flexibility index (Phi) is 4.83. The van der Waals surface area contributed by atoms with E-state index in [0.29, 0.717) is 39.4 Å². The van der Waals surface area contributed by atoms with Crippen LogP contribution in [0.2, 0.25) is 0 Å². The number of allylic oxidation sites excluding steroid dienone is 1. The number of phenolic OH excluding ortho intramolecular Hbond substituents is 1. The first-order valence-electron chi connectivity index (χ1n) is 9.72. The number of nitriles is 1. The van der Waals surface area contributed by atoms with Crippen LogP contribution in [0.1, 0.15) is 24.0 Å². The topological polar surface area (TPSA) is 136 Å². The Hall–Kier alpha value is -3.84. The second-order valence-electron chi connectivity index (χ2n) is 7.09. The molecule has 2 aliphatic heterocycles. The third-order valence-corrected chi connectivity index (χ3v) is 5.89. The highest BCUT2D eigenvalue weighted by Crippen LogP contribution is 2.49. The van der Waals surface area contributed by atoms with Gasteiger partial charge in [-0.1, -0.05) is 0 Å². The lowest BCUT2D eigenvalue weighted by Gasteiger charge is -2.25. The maximum absolute atomic E-state index is 10.4. The van der Waals surface area contributed by atoms with E-state index >= 15 is 0 Å². The number of ether oxygens (including phenoxy) is 4. The molecule has 0 saturated carbocycles. The molecular weight excluding hydrogens is 480 g/mol. The molecule has 0 spiro atoms. The Morgan fingerprint density at radius 1 is 1.31 bits per heavy atom. The van der Waals surface area contributed by atoms with Crippen molar-refractivity contribution in [3.8, 4) is 46.2 Å². The molecule has 5 rings (SSSR count). The van der Waals surface area contributed by atoms with Crippen molar-refractivity contribution >= 4 is 15.9 Å². The summed E-state index contributed by atoms with van der Waals surface area (Å²) in [4.78, 5) is 0. The molecule has 2 aromatic carbocycles. The van der Waals surface area contributed by atoms with Crippen LogP contribution in [0.3, 0.4) is 0 Å². The van der Waals surface area contributed by atoms with Gasteiger partial charge in [0.05, 0.1) is 28.3 Å². The van der Waals surface area contributed by atoms with E-state index in [2.05, 4.69) is 32.2 Å². The van der Waals surface area contributed by atoms with Crippen LogP contribution < -0.4 is 24.7 Å². The van der Waals surface area contributed by atoms with Gasteiger partial charge in [0.2, 0.25) is 18.6 Å². The molecule has 9 nitrogen and oxygen atoms in total. The Morgan fingerprint density at radius 2 is 2.12 bits per heavy atom. The lowest BCUT2D eigenvalue weighted by molar-refractivity contribution is 0.174. The number of H-pyrrole nitrogens is 1. The number of nitrogens with zero attached hydrogens (tertiary/aromatic N) is 2. The fourth-order valence-corrected chi connectivity index (χ4v) is 4.34. The third-order valence-electron chi connectivity index (χ3n) is 5.28. The highest BCUT2D eigenvalue weighted by Gasteiger charge is 2.36. The fraction of sp³-hybridized carbons (Fsp3) is 0.182. The highest BCUT2D eigenvalue weighted by atomic mass is 79.9. The van der Waals surface area contributed by atoms with Crippen molar-refractivity contribution in [2.24, 2.45) is 5.73 Å². The summed E-state index contributed by atoms with van der Waals surface area (Å²) in [5.74, 6) is 1.15. The number of nitrogens with one attached hydrogen (secondary N) is 1. The Bertz CT molecular complexity index is 1310. The maximum Gasteiger partial charge on any atom is 0.244 e. The molecule has 0 radical (unpaired) electrons. The van der Waals surface area contributed by atoms with Crippen molar-refractivity contribution in [2.75, 3.05) is 13.4 Å². The minimum atomic E-state index is -0.612. The standard InChI is InChI=1S/C22H17BrN4O5/c1-2-29-16-7-11(5-13(23)20(16)28)17-12(8-24)21(25)32-22-18(17)19(26-27-22)10-3-4-14-15(6-10)31-9-30-14/h3-7,17,28H,2,9,25H2,1H3,(H,26,27). The average molecular weight is 497 g/mol. The number of aromatic amines is 1. The molecular formula is C22H17BrN4O5. The zero-order valence-corrected chi connectivity index (χ0v) is 18.4. The van der Waals surface area contributed by atoms with Crippen molar-refractivity contribution in [2.45, 2.75) is 12.8 Å². The smallest absolute Gasteiger partial charge is 0.244 e. The van der Waals surface area contributed by atoms with E-state index in [1.165, 1.54) is 0 Å². The first-order chi connectivity index (χ1) is 15.5. The first-order valence-corrected chi connectivity index (χ1v) is 10.5. The Morgan fingerprint density at radius 3 is 2.91 bits per heavy atom. The van der Waals surface area contributed by atoms with Crippen LogP contribution in [0, 0.1) is 11.3 Å². The Labute approximate surface area is 191 Å². The van der Waals surface area contributed by atoms with Gasteiger partial charge >= 0.3 is 0 Å². The Balaban J connectivity index is 1.71. The van der Waals surface area contributed by atoms with Crippen molar-refractivity contribution in [1.29, 1.82) is 5.26 Å². The number of aromatic nitrogens is 2. The molecule has 1 atom stereocenters. The molecule has 3 aromatic rings. The molecule has 2 aliphatic rings. The summed E-state index contributed by atoms with van der Waals surface area (Å²) < 4.78 is 22.6. The average Bonchev–Trinajstić information content (AvgIpc) is 3.42. The molecule has 1 aromatic heterocycles. The predicted octanol–water partition coefficient (Wildman–Crippen LogP) is 3.89. The SMILES string of the molecule is CCOc1cc(C2C(C#N)=C(N)Oc3n[nH]c(-c4ccc5c(c4)OCO5)c32)cc(Br)c1O. The van der Waals surface area contributed by atoms with E-state index in [4.69, 9.17) is 24.7 Å². The van der Waals surface area contributed by atoms with Gasteiger partial charge in [0, 0.05) is 5.56 Å². The van der Waals surface area contributed by atoms with Gasteiger partial charge in [-0.2, -0.15) is 5.26 Å². The summed E-state index contributed by atoms with van der Waals surface area (Å²) in [6, 6.07) is 11.1. The minimum absolute atomic E-state index is 0.0264. The number of fused-ring (bicyclic) bond motifs is 2. The number of benzene rings is 2. The lowest BCUT2D eigenvalue weighted by Crippen LogP contribution is -2.21. The predicted molar refractivity (Wildman–Crippen MR) is 116 cm³/mol. The van der Waals surface area contributed by atoms with E-state index < -0.39 is 5.92 Å². The van der Waals surface area contributed by atoms with Crippen LogP contribution in [0.15, 0.2) is 46.3 Å². The molecule has 0 fully saturated rings. The van der Waals surface area contributed by atoms with Crippen LogP contribution in [-0.4, -0.2) is 28.7 Å². The van der Waals surface area contributed by atoms with Crippen molar-refractivity contribution in [3.05, 3.63) is 57.4 Å². The fourth-order valence-electron chi connectivity index (χ4n) is 3.88. The molecule has 3 heterocycles. The molecule has 0 amide bonds. The molecule has 10 heteroatoms. The quantitative estimate of drug-likeness (QED) is 0.494. The number of aromatic hydroxyl groups is 1. The summed E-state index contributed by atoms with van der Waals surface area (Å²) in [7, 11) is 0. The molecule has 0 bridgehead atoms. The molecule has 162 valence electrons. The molecule has 1 unspecified atom stereocenters.